The van der Waals surface area contributed by atoms with Crippen LogP contribution in [0.1, 0.15) is 28.9 Å². The number of nitrogens with zero attached hydrogens (tertiary/aromatic N) is 1. The van der Waals surface area contributed by atoms with Gasteiger partial charge in [-0.2, -0.15) is 0 Å². The molecule has 2 aromatic rings. The lowest BCUT2D eigenvalue weighted by atomic mass is 9.74. The number of hydrogen-bond donors (Lipinski definition) is 1. The van der Waals surface area contributed by atoms with Crippen molar-refractivity contribution in [3.8, 4) is 0 Å². The van der Waals surface area contributed by atoms with Crippen molar-refractivity contribution in [3.63, 3.8) is 0 Å². The standard InChI is InChI=1S/C18H19ClN2O2/c19-15-6-4-14(5-7-15)18(8-11-23-12-9-18)13-21-17(22)16-3-1-2-10-20-16/h1-7,10H,8-9,11-13H2,(H,21,22). The summed E-state index contributed by atoms with van der Waals surface area (Å²) >= 11 is 6.00. The Morgan fingerprint density at radius 1 is 1.17 bits per heavy atom. The minimum atomic E-state index is -0.148. The quantitative estimate of drug-likeness (QED) is 0.936. The van der Waals surface area contributed by atoms with Gasteiger partial charge in [0.15, 0.2) is 0 Å². The summed E-state index contributed by atoms with van der Waals surface area (Å²) in [6, 6.07) is 13.2. The van der Waals surface area contributed by atoms with Crippen LogP contribution in [0.4, 0.5) is 0 Å². The van der Waals surface area contributed by atoms with Crippen LogP contribution < -0.4 is 5.32 Å². The second-order valence-electron chi connectivity index (χ2n) is 5.80. The zero-order valence-electron chi connectivity index (χ0n) is 12.8. The summed E-state index contributed by atoms with van der Waals surface area (Å²) in [6.45, 7) is 1.96. The Hall–Kier alpha value is -1.91. The van der Waals surface area contributed by atoms with Crippen LogP contribution in [0.25, 0.3) is 0 Å². The molecule has 1 N–H and O–H groups in total. The van der Waals surface area contributed by atoms with Crippen LogP contribution in [0.5, 0.6) is 0 Å². The molecule has 0 atom stereocenters. The third kappa shape index (κ3) is 3.71. The van der Waals surface area contributed by atoms with Crippen molar-refractivity contribution >= 4 is 17.5 Å². The molecule has 1 amide bonds. The van der Waals surface area contributed by atoms with Crippen molar-refractivity contribution < 1.29 is 9.53 Å². The summed E-state index contributed by atoms with van der Waals surface area (Å²) in [5, 5.41) is 3.75. The number of benzene rings is 1. The molecular formula is C18H19ClN2O2. The molecule has 1 fully saturated rings. The number of ether oxygens (including phenoxy) is 1. The summed E-state index contributed by atoms with van der Waals surface area (Å²) in [4.78, 5) is 16.4. The summed E-state index contributed by atoms with van der Waals surface area (Å²) in [6.07, 6.45) is 3.37. The highest BCUT2D eigenvalue weighted by molar-refractivity contribution is 6.30. The molecule has 0 aliphatic carbocycles. The molecule has 1 aliphatic heterocycles. The van der Waals surface area contributed by atoms with E-state index in [1.165, 1.54) is 5.56 Å². The lowest BCUT2D eigenvalue weighted by molar-refractivity contribution is 0.0486. The van der Waals surface area contributed by atoms with Gasteiger partial charge in [0.25, 0.3) is 5.91 Å². The van der Waals surface area contributed by atoms with Crippen molar-refractivity contribution in [1.29, 1.82) is 0 Å². The Bertz CT molecular complexity index is 652. The second kappa shape index (κ2) is 7.11. The highest BCUT2D eigenvalue weighted by Gasteiger charge is 2.35. The monoisotopic (exact) mass is 330 g/mol. The van der Waals surface area contributed by atoms with E-state index in [4.69, 9.17) is 16.3 Å². The third-order valence-electron chi connectivity index (χ3n) is 4.39. The van der Waals surface area contributed by atoms with Crippen LogP contribution in [-0.2, 0) is 10.2 Å². The van der Waals surface area contributed by atoms with Crippen molar-refractivity contribution in [2.45, 2.75) is 18.3 Å². The highest BCUT2D eigenvalue weighted by Crippen LogP contribution is 2.34. The van der Waals surface area contributed by atoms with Gasteiger partial charge < -0.3 is 10.1 Å². The van der Waals surface area contributed by atoms with E-state index in [-0.39, 0.29) is 11.3 Å². The number of halogens is 1. The highest BCUT2D eigenvalue weighted by atomic mass is 35.5. The second-order valence-corrected chi connectivity index (χ2v) is 6.23. The normalized spacial score (nSPS) is 16.7. The Balaban J connectivity index is 1.77. The molecule has 1 aliphatic rings. The van der Waals surface area contributed by atoms with E-state index >= 15 is 0 Å². The minimum absolute atomic E-state index is 0.118. The molecule has 1 aromatic heterocycles. The Labute approximate surface area is 140 Å². The van der Waals surface area contributed by atoms with Gasteiger partial charge in [-0.1, -0.05) is 29.8 Å². The molecule has 0 bridgehead atoms. The van der Waals surface area contributed by atoms with Gasteiger partial charge in [-0.3, -0.25) is 9.78 Å². The lowest BCUT2D eigenvalue weighted by Crippen LogP contribution is -2.44. The van der Waals surface area contributed by atoms with Gasteiger partial charge in [-0.05, 0) is 42.7 Å². The third-order valence-corrected chi connectivity index (χ3v) is 4.64. The zero-order chi connectivity index (χ0) is 16.1. The minimum Gasteiger partial charge on any atom is -0.381 e. The number of aromatic nitrogens is 1. The number of pyridine rings is 1. The topological polar surface area (TPSA) is 51.2 Å². The summed E-state index contributed by atoms with van der Waals surface area (Å²) in [5.41, 5.74) is 1.50. The van der Waals surface area contributed by atoms with Crippen LogP contribution in [0.2, 0.25) is 5.02 Å². The smallest absolute Gasteiger partial charge is 0.269 e. The first-order valence-corrected chi connectivity index (χ1v) is 8.10. The van der Waals surface area contributed by atoms with Crippen molar-refractivity contribution in [1.82, 2.24) is 10.3 Å². The molecular weight excluding hydrogens is 312 g/mol. The first-order valence-electron chi connectivity index (χ1n) is 7.73. The average molecular weight is 331 g/mol. The first kappa shape index (κ1) is 16.0. The van der Waals surface area contributed by atoms with E-state index in [1.54, 1.807) is 18.3 Å². The molecule has 120 valence electrons. The average Bonchev–Trinajstić information content (AvgIpc) is 2.62. The number of amides is 1. The Kier molecular flexibility index (Phi) is 4.94. The van der Waals surface area contributed by atoms with E-state index < -0.39 is 0 Å². The molecule has 4 nitrogen and oxygen atoms in total. The molecule has 5 heteroatoms. The van der Waals surface area contributed by atoms with Crippen molar-refractivity contribution in [2.24, 2.45) is 0 Å². The molecule has 1 saturated heterocycles. The zero-order valence-corrected chi connectivity index (χ0v) is 13.6. The maximum Gasteiger partial charge on any atom is 0.269 e. The van der Waals surface area contributed by atoms with E-state index in [0.717, 1.165) is 12.8 Å². The van der Waals surface area contributed by atoms with Crippen LogP contribution >= 0.6 is 11.6 Å². The van der Waals surface area contributed by atoms with Gasteiger partial charge in [-0.25, -0.2) is 0 Å². The predicted octanol–water partition coefficient (Wildman–Crippen LogP) is 3.21. The van der Waals surface area contributed by atoms with Gasteiger partial charge in [0, 0.05) is 36.4 Å². The summed E-state index contributed by atoms with van der Waals surface area (Å²) in [5.74, 6) is -0.148. The number of hydrogen-bond acceptors (Lipinski definition) is 3. The molecule has 1 aromatic carbocycles. The van der Waals surface area contributed by atoms with Gasteiger partial charge >= 0.3 is 0 Å². The molecule has 0 spiro atoms. The van der Waals surface area contributed by atoms with Crippen LogP contribution in [0.15, 0.2) is 48.7 Å². The largest absolute Gasteiger partial charge is 0.381 e. The Morgan fingerprint density at radius 2 is 1.91 bits per heavy atom. The lowest BCUT2D eigenvalue weighted by Gasteiger charge is -2.38. The fraction of sp³-hybridized carbons (Fsp3) is 0.333. The molecule has 0 unspecified atom stereocenters. The van der Waals surface area contributed by atoms with Crippen molar-refractivity contribution in [3.05, 3.63) is 64.9 Å². The summed E-state index contributed by atoms with van der Waals surface area (Å²) < 4.78 is 5.51. The number of nitrogens with one attached hydrogen (secondary N) is 1. The van der Waals surface area contributed by atoms with Gasteiger partial charge in [0.1, 0.15) is 5.69 Å². The fourth-order valence-corrected chi connectivity index (χ4v) is 3.10. The predicted molar refractivity (Wildman–Crippen MR) is 89.8 cm³/mol. The number of carbonyl (C=O) groups excluding carboxylic acids is 1. The van der Waals surface area contributed by atoms with E-state index in [0.29, 0.717) is 30.5 Å². The molecule has 3 rings (SSSR count). The van der Waals surface area contributed by atoms with Gasteiger partial charge in [0.2, 0.25) is 0 Å². The van der Waals surface area contributed by atoms with E-state index in [9.17, 15) is 4.79 Å². The number of carbonyl (C=O) groups is 1. The van der Waals surface area contributed by atoms with Crippen molar-refractivity contribution in [2.75, 3.05) is 19.8 Å². The van der Waals surface area contributed by atoms with E-state index in [1.807, 2.05) is 30.3 Å². The maximum atomic E-state index is 12.3. The summed E-state index contributed by atoms with van der Waals surface area (Å²) in [7, 11) is 0. The van der Waals surface area contributed by atoms with Crippen LogP contribution in [-0.4, -0.2) is 30.6 Å². The van der Waals surface area contributed by atoms with Gasteiger partial charge in [-0.15, -0.1) is 0 Å². The fourth-order valence-electron chi connectivity index (χ4n) is 2.97. The maximum absolute atomic E-state index is 12.3. The Morgan fingerprint density at radius 3 is 2.57 bits per heavy atom. The SMILES string of the molecule is O=C(NCC1(c2ccc(Cl)cc2)CCOCC1)c1ccccn1. The first-order chi connectivity index (χ1) is 11.2. The van der Waals surface area contributed by atoms with E-state index in [2.05, 4.69) is 10.3 Å². The molecule has 23 heavy (non-hydrogen) atoms. The van der Waals surface area contributed by atoms with Crippen LogP contribution in [0.3, 0.4) is 0 Å². The molecule has 0 saturated carbocycles. The molecule has 2 heterocycles. The van der Waals surface area contributed by atoms with Crippen LogP contribution in [0, 0.1) is 0 Å². The van der Waals surface area contributed by atoms with Gasteiger partial charge in [0.05, 0.1) is 0 Å². The molecule has 0 radical (unpaired) electrons. The number of rotatable bonds is 4.